The van der Waals surface area contributed by atoms with Gasteiger partial charge in [-0.3, -0.25) is 4.79 Å². The van der Waals surface area contributed by atoms with E-state index in [1.54, 1.807) is 36.4 Å². The predicted octanol–water partition coefficient (Wildman–Crippen LogP) is 3.89. The third-order valence-electron chi connectivity index (χ3n) is 3.06. The molecule has 0 atom stereocenters. The van der Waals surface area contributed by atoms with E-state index in [0.717, 1.165) is 4.47 Å². The van der Waals surface area contributed by atoms with Gasteiger partial charge in [0.05, 0.1) is 18.9 Å². The van der Waals surface area contributed by atoms with Gasteiger partial charge in [0.25, 0.3) is 5.91 Å². The Balaban J connectivity index is 2.16. The Morgan fingerprint density at radius 2 is 2.12 bits per heavy atom. The van der Waals surface area contributed by atoms with Gasteiger partial charge in [0.15, 0.2) is 0 Å². The Bertz CT molecular complexity index is 847. The minimum atomic E-state index is -0.414. The molecule has 128 valence electrons. The molecule has 0 saturated carbocycles. The molecule has 0 unspecified atom stereocenters. The number of carbonyl (C=O) groups excluding carboxylic acids is 1. The molecular formula is C18H14BrClN2O3. The number of rotatable bonds is 6. The predicted molar refractivity (Wildman–Crippen MR) is 102 cm³/mol. The number of hydrogen-bond donors (Lipinski definition) is 1. The minimum Gasteiger partial charge on any atom is -0.496 e. The average Bonchev–Trinajstić information content (AvgIpc) is 2.61. The summed E-state index contributed by atoms with van der Waals surface area (Å²) in [5.74, 6) is 2.93. The highest BCUT2D eigenvalue weighted by atomic mass is 79.9. The van der Waals surface area contributed by atoms with Crippen LogP contribution in [-0.4, -0.2) is 25.8 Å². The summed E-state index contributed by atoms with van der Waals surface area (Å²) in [6.45, 7) is 0.115. The normalized spacial score (nSPS) is 10.3. The number of hydrazone groups is 1. The van der Waals surface area contributed by atoms with Gasteiger partial charge in [0.1, 0.15) is 18.1 Å². The van der Waals surface area contributed by atoms with Crippen molar-refractivity contribution in [1.82, 2.24) is 5.43 Å². The molecule has 0 saturated heterocycles. The maximum absolute atomic E-state index is 12.3. The van der Waals surface area contributed by atoms with E-state index in [1.807, 2.05) is 0 Å². The first-order chi connectivity index (χ1) is 12.0. The van der Waals surface area contributed by atoms with Gasteiger partial charge >= 0.3 is 0 Å². The number of benzene rings is 2. The van der Waals surface area contributed by atoms with Gasteiger partial charge in [0.2, 0.25) is 0 Å². The second-order valence-electron chi connectivity index (χ2n) is 4.72. The Morgan fingerprint density at radius 3 is 2.84 bits per heavy atom. The first-order valence-electron chi connectivity index (χ1n) is 7.08. The van der Waals surface area contributed by atoms with Gasteiger partial charge in [-0.05, 0) is 36.4 Å². The Labute approximate surface area is 159 Å². The van der Waals surface area contributed by atoms with Crippen molar-refractivity contribution < 1.29 is 14.3 Å². The SMILES string of the molecule is C#CCOc1ccc(Cl)cc1/C=N\NC(=O)c1cc(Br)ccc1OC. The summed E-state index contributed by atoms with van der Waals surface area (Å²) in [6, 6.07) is 10.1. The fraction of sp³-hybridized carbons (Fsp3) is 0.111. The number of amides is 1. The number of carbonyl (C=O) groups is 1. The first kappa shape index (κ1) is 18.8. The number of ether oxygens (including phenoxy) is 2. The highest BCUT2D eigenvalue weighted by Gasteiger charge is 2.12. The monoisotopic (exact) mass is 420 g/mol. The van der Waals surface area contributed by atoms with E-state index < -0.39 is 5.91 Å². The summed E-state index contributed by atoms with van der Waals surface area (Å²) in [7, 11) is 1.49. The second kappa shape index (κ2) is 9.11. The summed E-state index contributed by atoms with van der Waals surface area (Å²) in [6.07, 6.45) is 6.62. The van der Waals surface area contributed by atoms with Gasteiger partial charge in [-0.15, -0.1) is 6.42 Å². The molecule has 5 nitrogen and oxygen atoms in total. The first-order valence-corrected chi connectivity index (χ1v) is 8.25. The summed E-state index contributed by atoms with van der Waals surface area (Å²) in [5.41, 5.74) is 3.38. The van der Waals surface area contributed by atoms with Crippen LogP contribution in [0.1, 0.15) is 15.9 Å². The van der Waals surface area contributed by atoms with Crippen LogP contribution in [0, 0.1) is 12.3 Å². The maximum atomic E-state index is 12.3. The number of nitrogens with zero attached hydrogens (tertiary/aromatic N) is 1. The molecule has 2 rings (SSSR count). The summed E-state index contributed by atoms with van der Waals surface area (Å²) in [4.78, 5) is 12.3. The van der Waals surface area contributed by atoms with Crippen molar-refractivity contribution in [3.8, 4) is 23.8 Å². The van der Waals surface area contributed by atoms with Crippen molar-refractivity contribution in [3.63, 3.8) is 0 Å². The molecule has 7 heteroatoms. The van der Waals surface area contributed by atoms with Crippen LogP contribution in [0.25, 0.3) is 0 Å². The Hall–Kier alpha value is -2.49. The van der Waals surface area contributed by atoms with Gasteiger partial charge in [-0.25, -0.2) is 5.43 Å². The molecule has 0 fully saturated rings. The molecule has 0 aromatic heterocycles. The zero-order valence-corrected chi connectivity index (χ0v) is 15.6. The fourth-order valence-electron chi connectivity index (χ4n) is 1.95. The van der Waals surface area contributed by atoms with Gasteiger partial charge in [0, 0.05) is 15.1 Å². The maximum Gasteiger partial charge on any atom is 0.275 e. The van der Waals surface area contributed by atoms with Crippen LogP contribution in [-0.2, 0) is 0 Å². The van der Waals surface area contributed by atoms with Crippen LogP contribution < -0.4 is 14.9 Å². The summed E-state index contributed by atoms with van der Waals surface area (Å²) < 4.78 is 11.3. The van der Waals surface area contributed by atoms with Crippen LogP contribution >= 0.6 is 27.5 Å². The molecule has 0 aliphatic heterocycles. The smallest absolute Gasteiger partial charge is 0.275 e. The molecule has 0 spiro atoms. The van der Waals surface area contributed by atoms with Crippen LogP contribution in [0.3, 0.4) is 0 Å². The largest absolute Gasteiger partial charge is 0.496 e. The quantitative estimate of drug-likeness (QED) is 0.437. The topological polar surface area (TPSA) is 59.9 Å². The fourth-order valence-corrected chi connectivity index (χ4v) is 2.49. The summed E-state index contributed by atoms with van der Waals surface area (Å²) >= 11 is 9.30. The lowest BCUT2D eigenvalue weighted by molar-refractivity contribution is 0.0952. The van der Waals surface area contributed by atoms with Crippen LogP contribution in [0.2, 0.25) is 5.02 Å². The van der Waals surface area contributed by atoms with Crippen molar-refractivity contribution in [2.24, 2.45) is 5.10 Å². The Morgan fingerprint density at radius 1 is 1.36 bits per heavy atom. The second-order valence-corrected chi connectivity index (χ2v) is 6.07. The molecule has 0 radical (unpaired) electrons. The van der Waals surface area contributed by atoms with Gasteiger partial charge in [-0.2, -0.15) is 5.10 Å². The lowest BCUT2D eigenvalue weighted by atomic mass is 10.2. The third kappa shape index (κ3) is 5.24. The highest BCUT2D eigenvalue weighted by Crippen LogP contribution is 2.23. The van der Waals surface area contributed by atoms with E-state index in [4.69, 9.17) is 27.5 Å². The summed E-state index contributed by atoms with van der Waals surface area (Å²) in [5, 5.41) is 4.46. The molecule has 0 bridgehead atoms. The minimum absolute atomic E-state index is 0.115. The van der Waals surface area contributed by atoms with Crippen molar-refractivity contribution in [2.45, 2.75) is 0 Å². The van der Waals surface area contributed by atoms with Gasteiger partial charge in [-0.1, -0.05) is 33.5 Å². The zero-order chi connectivity index (χ0) is 18.2. The van der Waals surface area contributed by atoms with Crippen molar-refractivity contribution >= 4 is 39.7 Å². The number of halogens is 2. The number of methoxy groups -OCH3 is 1. The molecule has 25 heavy (non-hydrogen) atoms. The molecule has 0 aliphatic rings. The van der Waals surface area contributed by atoms with E-state index in [-0.39, 0.29) is 6.61 Å². The molecule has 0 heterocycles. The lowest BCUT2D eigenvalue weighted by Crippen LogP contribution is -2.18. The molecule has 2 aromatic rings. The molecule has 1 amide bonds. The van der Waals surface area contributed by atoms with Crippen molar-refractivity contribution in [1.29, 1.82) is 0 Å². The van der Waals surface area contributed by atoms with E-state index in [2.05, 4.69) is 32.4 Å². The number of terminal acetylenes is 1. The number of nitrogens with one attached hydrogen (secondary N) is 1. The van der Waals surface area contributed by atoms with E-state index in [9.17, 15) is 4.79 Å². The van der Waals surface area contributed by atoms with Gasteiger partial charge < -0.3 is 9.47 Å². The molecular weight excluding hydrogens is 408 g/mol. The van der Waals surface area contributed by atoms with E-state index in [1.165, 1.54) is 13.3 Å². The number of hydrogen-bond acceptors (Lipinski definition) is 4. The van der Waals surface area contributed by atoms with Crippen LogP contribution in [0.15, 0.2) is 46.0 Å². The molecule has 1 N–H and O–H groups in total. The average molecular weight is 422 g/mol. The molecule has 2 aromatic carbocycles. The Kier molecular flexibility index (Phi) is 6.87. The van der Waals surface area contributed by atoms with E-state index >= 15 is 0 Å². The highest BCUT2D eigenvalue weighted by molar-refractivity contribution is 9.10. The lowest BCUT2D eigenvalue weighted by Gasteiger charge is -2.08. The third-order valence-corrected chi connectivity index (χ3v) is 3.79. The van der Waals surface area contributed by atoms with Crippen LogP contribution in [0.5, 0.6) is 11.5 Å². The van der Waals surface area contributed by atoms with Crippen molar-refractivity contribution in [3.05, 3.63) is 57.0 Å². The zero-order valence-electron chi connectivity index (χ0n) is 13.3. The molecule has 0 aliphatic carbocycles. The van der Waals surface area contributed by atoms with E-state index in [0.29, 0.717) is 27.6 Å². The van der Waals surface area contributed by atoms with Crippen molar-refractivity contribution in [2.75, 3.05) is 13.7 Å². The standard InChI is InChI=1S/C18H14BrClN2O3/c1-3-8-25-16-7-5-14(20)9-12(16)11-21-22-18(23)15-10-13(19)4-6-17(15)24-2/h1,4-7,9-11H,8H2,2H3,(H,22,23)/b21-11-. The van der Waals surface area contributed by atoms with Crippen LogP contribution in [0.4, 0.5) is 0 Å².